The number of aryl methyl sites for hydroxylation is 2. The predicted molar refractivity (Wildman–Crippen MR) is 87.0 cm³/mol. The van der Waals surface area contributed by atoms with Crippen LogP contribution in [0.2, 0.25) is 0 Å². The maximum atomic E-state index is 3.80. The van der Waals surface area contributed by atoms with E-state index in [-0.39, 0.29) is 4.83 Å². The third kappa shape index (κ3) is 3.70. The summed E-state index contributed by atoms with van der Waals surface area (Å²) in [7, 11) is 0. The van der Waals surface area contributed by atoms with Gasteiger partial charge in [0, 0.05) is 0 Å². The van der Waals surface area contributed by atoms with Gasteiger partial charge in [0.2, 0.25) is 0 Å². The van der Waals surface area contributed by atoms with Crippen LogP contribution in [-0.4, -0.2) is 0 Å². The molecule has 1 heteroatoms. The summed E-state index contributed by atoms with van der Waals surface area (Å²) < 4.78 is 0. The Hall–Kier alpha value is -1.08. The molecule has 0 fully saturated rings. The molecule has 0 saturated heterocycles. The Morgan fingerprint density at radius 1 is 0.789 bits per heavy atom. The van der Waals surface area contributed by atoms with Crippen LogP contribution in [0.3, 0.4) is 0 Å². The molecule has 0 heterocycles. The molecule has 0 aliphatic rings. The van der Waals surface area contributed by atoms with Crippen LogP contribution in [0, 0.1) is 0 Å². The quantitative estimate of drug-likeness (QED) is 0.622. The number of hydrogen-bond donors (Lipinski definition) is 0. The van der Waals surface area contributed by atoms with Crippen LogP contribution in [0.25, 0.3) is 0 Å². The van der Waals surface area contributed by atoms with Crippen LogP contribution in [0.5, 0.6) is 0 Å². The van der Waals surface area contributed by atoms with Crippen LogP contribution >= 0.6 is 15.9 Å². The van der Waals surface area contributed by atoms with Crippen molar-refractivity contribution in [2.75, 3.05) is 0 Å². The normalized spacial score (nSPS) is 12.4. The van der Waals surface area contributed by atoms with Gasteiger partial charge >= 0.3 is 0 Å². The fourth-order valence-corrected chi connectivity index (χ4v) is 2.87. The molecule has 2 aromatic carbocycles. The van der Waals surface area contributed by atoms with E-state index >= 15 is 0 Å². The van der Waals surface area contributed by atoms with E-state index in [2.05, 4.69) is 78.3 Å². The molecule has 0 amide bonds. The van der Waals surface area contributed by atoms with E-state index in [0.29, 0.717) is 0 Å². The minimum atomic E-state index is 0.286. The van der Waals surface area contributed by atoms with Gasteiger partial charge in [-0.25, -0.2) is 0 Å². The van der Waals surface area contributed by atoms with E-state index in [4.69, 9.17) is 0 Å². The Morgan fingerprint density at radius 3 is 1.68 bits per heavy atom. The number of hydrogen-bond acceptors (Lipinski definition) is 0. The average molecular weight is 317 g/mol. The zero-order valence-corrected chi connectivity index (χ0v) is 13.3. The van der Waals surface area contributed by atoms with Gasteiger partial charge in [-0.2, -0.15) is 0 Å². The maximum Gasteiger partial charge on any atom is 0.0644 e. The highest BCUT2D eigenvalue weighted by Gasteiger charge is 2.09. The first-order valence-electron chi connectivity index (χ1n) is 7.06. The van der Waals surface area contributed by atoms with Gasteiger partial charge in [0.1, 0.15) is 0 Å². The van der Waals surface area contributed by atoms with Gasteiger partial charge in [0.15, 0.2) is 0 Å². The van der Waals surface area contributed by atoms with E-state index in [0.717, 1.165) is 6.42 Å². The second kappa shape index (κ2) is 6.91. The predicted octanol–water partition coefficient (Wildman–Crippen LogP) is 5.69. The van der Waals surface area contributed by atoms with Crippen LogP contribution in [-0.2, 0) is 12.8 Å². The lowest BCUT2D eigenvalue weighted by Crippen LogP contribution is -1.94. The summed E-state index contributed by atoms with van der Waals surface area (Å²) >= 11 is 3.80. The largest absolute Gasteiger partial charge is 0.0786 e. The number of halogens is 1. The molecule has 0 N–H and O–H groups in total. The molecule has 2 aromatic rings. The topological polar surface area (TPSA) is 0 Å². The van der Waals surface area contributed by atoms with Gasteiger partial charge < -0.3 is 0 Å². The van der Waals surface area contributed by atoms with Gasteiger partial charge in [-0.15, -0.1) is 0 Å². The Labute approximate surface area is 125 Å². The molecule has 0 radical (unpaired) electrons. The van der Waals surface area contributed by atoms with E-state index in [1.807, 2.05) is 0 Å². The Morgan fingerprint density at radius 2 is 1.26 bits per heavy atom. The van der Waals surface area contributed by atoms with Crippen molar-refractivity contribution < 1.29 is 0 Å². The van der Waals surface area contributed by atoms with Crippen molar-refractivity contribution in [3.8, 4) is 0 Å². The Balaban J connectivity index is 2.15. The molecular formula is C18H21Br. The summed E-state index contributed by atoms with van der Waals surface area (Å²) in [6, 6.07) is 17.8. The summed E-state index contributed by atoms with van der Waals surface area (Å²) in [5, 5.41) is 0. The standard InChI is InChI=1S/C18H21Br/c1-3-5-15-8-12-17(13-9-15)18(19)16-10-6-14(4-2)7-11-16/h6-13,18H,3-5H2,1-2H3. The molecule has 0 aliphatic carbocycles. The highest BCUT2D eigenvalue weighted by atomic mass is 79.9. The lowest BCUT2D eigenvalue weighted by atomic mass is 10.0. The summed E-state index contributed by atoms with van der Waals surface area (Å²) in [5.41, 5.74) is 5.46. The zero-order chi connectivity index (χ0) is 13.7. The van der Waals surface area contributed by atoms with Crippen LogP contribution < -0.4 is 0 Å². The second-order valence-corrected chi connectivity index (χ2v) is 5.86. The monoisotopic (exact) mass is 316 g/mol. The summed E-state index contributed by atoms with van der Waals surface area (Å²) in [5.74, 6) is 0. The molecule has 1 atom stereocenters. The first-order chi connectivity index (χ1) is 9.24. The van der Waals surface area contributed by atoms with Crippen LogP contribution in [0.15, 0.2) is 48.5 Å². The molecule has 0 bridgehead atoms. The van der Waals surface area contributed by atoms with Crippen LogP contribution in [0.4, 0.5) is 0 Å². The highest BCUT2D eigenvalue weighted by Crippen LogP contribution is 2.31. The van der Waals surface area contributed by atoms with Crippen molar-refractivity contribution in [2.24, 2.45) is 0 Å². The summed E-state index contributed by atoms with van der Waals surface area (Å²) in [4.78, 5) is 0.286. The third-order valence-electron chi connectivity index (χ3n) is 3.49. The average Bonchev–Trinajstić information content (AvgIpc) is 2.48. The van der Waals surface area contributed by atoms with Crippen molar-refractivity contribution in [1.29, 1.82) is 0 Å². The molecule has 0 saturated carbocycles. The number of benzene rings is 2. The van der Waals surface area contributed by atoms with Crippen LogP contribution in [0.1, 0.15) is 47.3 Å². The summed E-state index contributed by atoms with van der Waals surface area (Å²) in [6.45, 7) is 4.41. The minimum Gasteiger partial charge on any atom is -0.0786 e. The first-order valence-corrected chi connectivity index (χ1v) is 7.98. The van der Waals surface area contributed by atoms with Crippen molar-refractivity contribution in [1.82, 2.24) is 0 Å². The highest BCUT2D eigenvalue weighted by molar-refractivity contribution is 9.09. The molecule has 1 unspecified atom stereocenters. The molecule has 19 heavy (non-hydrogen) atoms. The SMILES string of the molecule is CCCc1ccc(C(Br)c2ccc(CC)cc2)cc1. The van der Waals surface area contributed by atoms with Gasteiger partial charge in [-0.3, -0.25) is 0 Å². The number of rotatable bonds is 5. The molecule has 2 rings (SSSR count). The lowest BCUT2D eigenvalue weighted by Gasteiger charge is -2.12. The summed E-state index contributed by atoms with van der Waals surface area (Å²) in [6.07, 6.45) is 3.47. The van der Waals surface area contributed by atoms with Crippen molar-refractivity contribution >= 4 is 15.9 Å². The lowest BCUT2D eigenvalue weighted by molar-refractivity contribution is 0.920. The zero-order valence-electron chi connectivity index (χ0n) is 11.7. The minimum absolute atomic E-state index is 0.286. The van der Waals surface area contributed by atoms with E-state index in [9.17, 15) is 0 Å². The Bertz CT molecular complexity index is 496. The van der Waals surface area contributed by atoms with E-state index < -0.39 is 0 Å². The van der Waals surface area contributed by atoms with Gasteiger partial charge in [0.25, 0.3) is 0 Å². The van der Waals surface area contributed by atoms with Crippen molar-refractivity contribution in [3.05, 3.63) is 70.8 Å². The van der Waals surface area contributed by atoms with Gasteiger partial charge in [-0.05, 0) is 35.1 Å². The van der Waals surface area contributed by atoms with E-state index in [1.54, 1.807) is 0 Å². The van der Waals surface area contributed by atoms with E-state index in [1.165, 1.54) is 35.1 Å². The molecule has 0 spiro atoms. The molecule has 100 valence electrons. The van der Waals surface area contributed by atoms with Gasteiger partial charge in [-0.1, -0.05) is 84.7 Å². The number of alkyl halides is 1. The molecule has 0 aromatic heterocycles. The second-order valence-electron chi connectivity index (χ2n) is 4.95. The first kappa shape index (κ1) is 14.3. The third-order valence-corrected chi connectivity index (χ3v) is 4.55. The maximum absolute atomic E-state index is 3.80. The fraction of sp³-hybridized carbons (Fsp3) is 0.333. The van der Waals surface area contributed by atoms with Crippen molar-refractivity contribution in [3.63, 3.8) is 0 Å². The molecular weight excluding hydrogens is 296 g/mol. The van der Waals surface area contributed by atoms with Gasteiger partial charge in [0.05, 0.1) is 4.83 Å². The fourth-order valence-electron chi connectivity index (χ4n) is 2.26. The smallest absolute Gasteiger partial charge is 0.0644 e. The Kier molecular flexibility index (Phi) is 5.21. The van der Waals surface area contributed by atoms with Crippen molar-refractivity contribution in [2.45, 2.75) is 37.9 Å². The molecule has 0 aliphatic heterocycles. The molecule has 0 nitrogen and oxygen atoms in total.